The van der Waals surface area contributed by atoms with Crippen LogP contribution in [0, 0.1) is 5.82 Å². The molecule has 1 aliphatic rings. The normalized spacial score (nSPS) is 13.4. The van der Waals surface area contributed by atoms with E-state index in [4.69, 9.17) is 0 Å². The third-order valence-corrected chi connectivity index (χ3v) is 6.32. The predicted molar refractivity (Wildman–Crippen MR) is 135 cm³/mol. The maximum Gasteiger partial charge on any atom is 0.258 e. The van der Waals surface area contributed by atoms with Crippen molar-refractivity contribution in [1.29, 1.82) is 0 Å². The minimum absolute atomic E-state index is 0.00835. The Bertz CT molecular complexity index is 1270. The molecular formula is C28H30FN3O3. The Kier molecular flexibility index (Phi) is 7.15. The number of carbonyl (C=O) groups excluding carboxylic acids is 3. The molecule has 1 heterocycles. The van der Waals surface area contributed by atoms with Crippen LogP contribution in [0.4, 0.5) is 10.1 Å². The van der Waals surface area contributed by atoms with Gasteiger partial charge in [-0.3, -0.25) is 14.4 Å². The fourth-order valence-corrected chi connectivity index (χ4v) is 4.53. The zero-order chi connectivity index (χ0) is 25.1. The highest BCUT2D eigenvalue weighted by Crippen LogP contribution is 2.37. The van der Waals surface area contributed by atoms with Gasteiger partial charge < -0.3 is 15.1 Å². The van der Waals surface area contributed by atoms with Gasteiger partial charge >= 0.3 is 0 Å². The summed E-state index contributed by atoms with van der Waals surface area (Å²) >= 11 is 0. The molecule has 182 valence electrons. The van der Waals surface area contributed by atoms with Gasteiger partial charge in [-0.25, -0.2) is 4.39 Å². The van der Waals surface area contributed by atoms with Crippen LogP contribution in [-0.2, 0) is 16.1 Å². The molecule has 0 saturated carbocycles. The van der Waals surface area contributed by atoms with E-state index in [1.807, 2.05) is 50.2 Å². The number of benzene rings is 3. The van der Waals surface area contributed by atoms with Gasteiger partial charge in [0.25, 0.3) is 5.91 Å². The Morgan fingerprint density at radius 2 is 1.71 bits per heavy atom. The molecule has 1 atom stereocenters. The summed E-state index contributed by atoms with van der Waals surface area (Å²) in [5, 5.41) is 4.77. The Morgan fingerprint density at radius 3 is 2.43 bits per heavy atom. The second kappa shape index (κ2) is 10.3. The number of halogens is 1. The first kappa shape index (κ1) is 24.4. The monoisotopic (exact) mass is 475 g/mol. The van der Waals surface area contributed by atoms with Crippen molar-refractivity contribution >= 4 is 34.2 Å². The first-order valence-electron chi connectivity index (χ1n) is 11.9. The molecule has 4 rings (SSSR count). The maximum absolute atomic E-state index is 14.3. The first-order chi connectivity index (χ1) is 16.8. The molecule has 6 nitrogen and oxygen atoms in total. The van der Waals surface area contributed by atoms with E-state index < -0.39 is 11.9 Å². The van der Waals surface area contributed by atoms with Crippen LogP contribution in [0.25, 0.3) is 10.8 Å². The number of hydrogen-bond acceptors (Lipinski definition) is 3. The zero-order valence-corrected chi connectivity index (χ0v) is 20.3. The summed E-state index contributed by atoms with van der Waals surface area (Å²) in [4.78, 5) is 42.1. The molecule has 35 heavy (non-hydrogen) atoms. The van der Waals surface area contributed by atoms with Crippen molar-refractivity contribution in [2.45, 2.75) is 52.2 Å². The quantitative estimate of drug-likeness (QED) is 0.489. The summed E-state index contributed by atoms with van der Waals surface area (Å²) < 4.78 is 14.3. The topological polar surface area (TPSA) is 69.7 Å². The summed E-state index contributed by atoms with van der Waals surface area (Å²) in [5.41, 5.74) is 1.87. The molecule has 0 spiro atoms. The largest absolute Gasteiger partial charge is 0.352 e. The zero-order valence-electron chi connectivity index (χ0n) is 20.3. The number of nitrogens with one attached hydrogen (secondary N) is 1. The van der Waals surface area contributed by atoms with E-state index in [1.165, 1.54) is 11.0 Å². The molecule has 0 aliphatic carbocycles. The van der Waals surface area contributed by atoms with Gasteiger partial charge in [0.1, 0.15) is 11.9 Å². The fraction of sp³-hybridized carbons (Fsp3) is 0.321. The number of amides is 3. The van der Waals surface area contributed by atoms with Crippen LogP contribution in [0.5, 0.6) is 0 Å². The molecule has 0 bridgehead atoms. The van der Waals surface area contributed by atoms with Crippen molar-refractivity contribution in [3.8, 4) is 0 Å². The van der Waals surface area contributed by atoms with Crippen LogP contribution < -0.4 is 10.2 Å². The van der Waals surface area contributed by atoms with Crippen molar-refractivity contribution in [2.75, 3.05) is 11.4 Å². The molecule has 0 fully saturated rings. The minimum Gasteiger partial charge on any atom is -0.352 e. The lowest BCUT2D eigenvalue weighted by atomic mass is 10.1. The second-order valence-electron chi connectivity index (χ2n) is 9.19. The predicted octanol–water partition coefficient (Wildman–Crippen LogP) is 4.66. The van der Waals surface area contributed by atoms with Gasteiger partial charge in [0.2, 0.25) is 11.8 Å². The van der Waals surface area contributed by atoms with Gasteiger partial charge in [-0.1, -0.05) is 42.5 Å². The molecule has 7 heteroatoms. The highest BCUT2D eigenvalue weighted by atomic mass is 19.1. The summed E-state index contributed by atoms with van der Waals surface area (Å²) in [5.74, 6) is -1.05. The van der Waals surface area contributed by atoms with Crippen molar-refractivity contribution < 1.29 is 18.8 Å². The highest BCUT2D eigenvalue weighted by Gasteiger charge is 2.30. The SMILES string of the molecule is CC(C)NC(=O)[C@H](C)N(Cc1ccccc1F)C(=O)CCCN1C(=O)c2cccc3cccc1c23. The molecule has 3 aromatic carbocycles. The smallest absolute Gasteiger partial charge is 0.258 e. The van der Waals surface area contributed by atoms with Crippen LogP contribution in [-0.4, -0.2) is 41.2 Å². The lowest BCUT2D eigenvalue weighted by Crippen LogP contribution is -2.49. The maximum atomic E-state index is 14.3. The van der Waals surface area contributed by atoms with Crippen LogP contribution in [0.1, 0.15) is 49.5 Å². The van der Waals surface area contributed by atoms with Crippen LogP contribution in [0.15, 0.2) is 60.7 Å². The van der Waals surface area contributed by atoms with E-state index in [-0.39, 0.29) is 36.7 Å². The van der Waals surface area contributed by atoms with Gasteiger partial charge in [0.15, 0.2) is 0 Å². The van der Waals surface area contributed by atoms with Crippen LogP contribution in [0.3, 0.4) is 0 Å². The molecule has 1 aliphatic heterocycles. The summed E-state index contributed by atoms with van der Waals surface area (Å²) in [6, 6.07) is 16.9. The Morgan fingerprint density at radius 1 is 1.00 bits per heavy atom. The summed E-state index contributed by atoms with van der Waals surface area (Å²) in [6.45, 7) is 5.71. The molecule has 0 radical (unpaired) electrons. The van der Waals surface area contributed by atoms with Crippen molar-refractivity contribution in [3.05, 3.63) is 77.6 Å². The molecule has 0 unspecified atom stereocenters. The molecule has 3 aromatic rings. The number of hydrogen-bond donors (Lipinski definition) is 1. The minimum atomic E-state index is -0.768. The second-order valence-corrected chi connectivity index (χ2v) is 9.19. The molecule has 0 saturated heterocycles. The van der Waals surface area contributed by atoms with E-state index in [1.54, 1.807) is 30.0 Å². The summed E-state index contributed by atoms with van der Waals surface area (Å²) in [7, 11) is 0. The molecular weight excluding hydrogens is 445 g/mol. The average Bonchev–Trinajstić information content (AvgIpc) is 3.10. The Balaban J connectivity index is 1.47. The summed E-state index contributed by atoms with van der Waals surface area (Å²) in [6.07, 6.45) is 0.547. The van der Waals surface area contributed by atoms with Crippen LogP contribution >= 0.6 is 0 Å². The van der Waals surface area contributed by atoms with Gasteiger partial charge in [0.05, 0.1) is 5.69 Å². The third-order valence-electron chi connectivity index (χ3n) is 6.32. The van der Waals surface area contributed by atoms with Crippen molar-refractivity contribution in [2.24, 2.45) is 0 Å². The van der Waals surface area contributed by atoms with E-state index in [0.29, 0.717) is 24.1 Å². The third kappa shape index (κ3) is 5.04. The molecule has 1 N–H and O–H groups in total. The average molecular weight is 476 g/mol. The van der Waals surface area contributed by atoms with Gasteiger partial charge in [-0.2, -0.15) is 0 Å². The lowest BCUT2D eigenvalue weighted by molar-refractivity contribution is -0.140. The Hall–Kier alpha value is -3.74. The van der Waals surface area contributed by atoms with E-state index in [9.17, 15) is 18.8 Å². The molecule has 0 aromatic heterocycles. The van der Waals surface area contributed by atoms with Gasteiger partial charge in [0, 0.05) is 42.1 Å². The van der Waals surface area contributed by atoms with Crippen LogP contribution in [0.2, 0.25) is 0 Å². The Labute approximate surface area is 204 Å². The van der Waals surface area contributed by atoms with E-state index in [2.05, 4.69) is 5.32 Å². The number of nitrogens with zero attached hydrogens (tertiary/aromatic N) is 2. The number of anilines is 1. The van der Waals surface area contributed by atoms with Gasteiger partial charge in [-0.15, -0.1) is 0 Å². The lowest BCUT2D eigenvalue weighted by Gasteiger charge is -2.30. The molecule has 3 amide bonds. The first-order valence-corrected chi connectivity index (χ1v) is 11.9. The van der Waals surface area contributed by atoms with E-state index in [0.717, 1.165) is 16.5 Å². The number of carbonyl (C=O) groups is 3. The fourth-order valence-electron chi connectivity index (χ4n) is 4.53. The van der Waals surface area contributed by atoms with E-state index >= 15 is 0 Å². The van der Waals surface area contributed by atoms with Gasteiger partial charge in [-0.05, 0) is 50.8 Å². The van der Waals surface area contributed by atoms with Crippen molar-refractivity contribution in [1.82, 2.24) is 10.2 Å². The standard InChI is InChI=1S/C28H30FN3O3/c1-18(2)30-27(34)19(3)32(17-21-9-4-5-13-23(21)29)25(33)15-8-16-31-24-14-7-11-20-10-6-12-22(26(20)24)28(31)35/h4-7,9-14,18-19H,8,15-17H2,1-3H3,(H,30,34)/t19-/m0/s1. The highest BCUT2D eigenvalue weighted by molar-refractivity contribution is 6.25. The van der Waals surface area contributed by atoms with Crippen molar-refractivity contribution in [3.63, 3.8) is 0 Å². The number of rotatable bonds is 9.